The lowest BCUT2D eigenvalue weighted by Crippen LogP contribution is -2.16. The highest BCUT2D eigenvalue weighted by atomic mass is 19.1. The van der Waals surface area contributed by atoms with E-state index in [1.807, 2.05) is 0 Å². The van der Waals surface area contributed by atoms with E-state index in [1.54, 1.807) is 18.3 Å². The fourth-order valence-electron chi connectivity index (χ4n) is 2.61. The number of fused-ring (bicyclic) bond motifs is 1. The Kier molecular flexibility index (Phi) is 4.65. The standard InChI is InChI=1S/C18H14F2N2O3/c19-15-2-1-12(5-10(15)8-21)25-18-14(6-11(24)9-23)13-3-4-22-17(13)7-16(18)20/h1-5,7,11,22-24H,6,9H2. The molecule has 1 aromatic heterocycles. The van der Waals surface area contributed by atoms with Gasteiger partial charge < -0.3 is 19.9 Å². The van der Waals surface area contributed by atoms with Gasteiger partial charge >= 0.3 is 0 Å². The van der Waals surface area contributed by atoms with E-state index in [4.69, 9.17) is 15.1 Å². The summed E-state index contributed by atoms with van der Waals surface area (Å²) in [5, 5.41) is 28.4. The summed E-state index contributed by atoms with van der Waals surface area (Å²) in [6.07, 6.45) is 0.490. The molecule has 0 radical (unpaired) electrons. The number of benzene rings is 2. The van der Waals surface area contributed by atoms with Gasteiger partial charge in [-0.05, 0) is 18.2 Å². The van der Waals surface area contributed by atoms with Crippen LogP contribution in [0.25, 0.3) is 10.9 Å². The lowest BCUT2D eigenvalue weighted by atomic mass is 10.0. The second-order valence-corrected chi connectivity index (χ2v) is 5.50. The summed E-state index contributed by atoms with van der Waals surface area (Å²) in [6.45, 7) is -0.489. The summed E-state index contributed by atoms with van der Waals surface area (Å²) in [7, 11) is 0. The van der Waals surface area contributed by atoms with Crippen molar-refractivity contribution >= 4 is 10.9 Å². The average Bonchev–Trinajstić information content (AvgIpc) is 3.07. The minimum Gasteiger partial charge on any atom is -0.454 e. The first kappa shape index (κ1) is 16.9. The molecular weight excluding hydrogens is 330 g/mol. The number of aromatic amines is 1. The van der Waals surface area contributed by atoms with Crippen molar-refractivity contribution in [1.29, 1.82) is 5.26 Å². The van der Waals surface area contributed by atoms with E-state index < -0.39 is 24.3 Å². The van der Waals surface area contributed by atoms with Crippen LogP contribution < -0.4 is 4.74 Å². The highest BCUT2D eigenvalue weighted by Crippen LogP contribution is 2.35. The van der Waals surface area contributed by atoms with E-state index in [0.717, 1.165) is 6.07 Å². The highest BCUT2D eigenvalue weighted by molar-refractivity contribution is 5.85. The van der Waals surface area contributed by atoms with Crippen LogP contribution in [-0.4, -0.2) is 27.9 Å². The summed E-state index contributed by atoms with van der Waals surface area (Å²) in [4.78, 5) is 2.88. The summed E-state index contributed by atoms with van der Waals surface area (Å²) in [5.74, 6) is -1.44. The third kappa shape index (κ3) is 3.31. The molecule has 0 aliphatic carbocycles. The number of hydrogen-bond acceptors (Lipinski definition) is 4. The molecule has 0 spiro atoms. The van der Waals surface area contributed by atoms with Crippen molar-refractivity contribution in [3.8, 4) is 17.6 Å². The Morgan fingerprint density at radius 3 is 2.72 bits per heavy atom. The Morgan fingerprint density at radius 1 is 1.20 bits per heavy atom. The predicted octanol–water partition coefficient (Wildman–Crippen LogP) is 3.01. The van der Waals surface area contributed by atoms with E-state index in [2.05, 4.69) is 4.98 Å². The number of aliphatic hydroxyl groups is 2. The number of H-pyrrole nitrogens is 1. The van der Waals surface area contributed by atoms with Crippen LogP contribution in [0.2, 0.25) is 0 Å². The quantitative estimate of drug-likeness (QED) is 0.664. The zero-order chi connectivity index (χ0) is 18.0. The number of aliphatic hydroxyl groups excluding tert-OH is 2. The first-order chi connectivity index (χ1) is 12.0. The number of hydrogen-bond donors (Lipinski definition) is 3. The van der Waals surface area contributed by atoms with Gasteiger partial charge in [-0.2, -0.15) is 5.26 Å². The van der Waals surface area contributed by atoms with Crippen LogP contribution in [-0.2, 0) is 6.42 Å². The average molecular weight is 344 g/mol. The number of nitrogens with one attached hydrogen (secondary N) is 1. The van der Waals surface area contributed by atoms with Crippen LogP contribution in [0.15, 0.2) is 36.5 Å². The molecule has 0 aliphatic heterocycles. The molecule has 0 saturated carbocycles. The molecule has 3 aromatic rings. The SMILES string of the molecule is N#Cc1cc(Oc2c(F)cc3[nH]ccc3c2CC(O)CO)ccc1F. The van der Waals surface area contributed by atoms with Crippen LogP contribution in [0, 0.1) is 23.0 Å². The van der Waals surface area contributed by atoms with Gasteiger partial charge in [-0.25, -0.2) is 8.78 Å². The summed E-state index contributed by atoms with van der Waals surface area (Å²) in [6, 6.07) is 8.14. The molecule has 1 unspecified atom stereocenters. The lowest BCUT2D eigenvalue weighted by molar-refractivity contribution is 0.0952. The Balaban J connectivity index is 2.10. The first-order valence-electron chi connectivity index (χ1n) is 7.48. The number of aromatic nitrogens is 1. The van der Waals surface area contributed by atoms with E-state index in [1.165, 1.54) is 18.2 Å². The Hall–Kier alpha value is -2.95. The van der Waals surface area contributed by atoms with Crippen LogP contribution in [0.4, 0.5) is 8.78 Å². The molecule has 0 fully saturated rings. The van der Waals surface area contributed by atoms with Gasteiger partial charge in [-0.3, -0.25) is 0 Å². The Labute approximate surface area is 141 Å². The number of rotatable bonds is 5. The van der Waals surface area contributed by atoms with Gasteiger partial charge in [0.15, 0.2) is 11.6 Å². The normalized spacial score (nSPS) is 12.1. The van der Waals surface area contributed by atoms with Gasteiger partial charge in [0.1, 0.15) is 17.6 Å². The van der Waals surface area contributed by atoms with Gasteiger partial charge in [0.25, 0.3) is 0 Å². The topological polar surface area (TPSA) is 89.3 Å². The molecule has 0 amide bonds. The monoisotopic (exact) mass is 344 g/mol. The number of nitrogens with zero attached hydrogens (tertiary/aromatic N) is 1. The van der Waals surface area contributed by atoms with Crippen molar-refractivity contribution in [2.24, 2.45) is 0 Å². The van der Waals surface area contributed by atoms with Gasteiger partial charge in [0.2, 0.25) is 0 Å². The number of nitriles is 1. The third-order valence-electron chi connectivity index (χ3n) is 3.79. The fraction of sp³-hybridized carbons (Fsp3) is 0.167. The number of ether oxygens (including phenoxy) is 1. The molecule has 128 valence electrons. The molecule has 1 atom stereocenters. The van der Waals surface area contributed by atoms with Crippen LogP contribution in [0.5, 0.6) is 11.5 Å². The zero-order valence-electron chi connectivity index (χ0n) is 13.0. The van der Waals surface area contributed by atoms with Crippen molar-refractivity contribution in [2.45, 2.75) is 12.5 Å². The second kappa shape index (κ2) is 6.89. The molecule has 0 bridgehead atoms. The maximum Gasteiger partial charge on any atom is 0.168 e. The predicted molar refractivity (Wildman–Crippen MR) is 86.2 cm³/mol. The van der Waals surface area contributed by atoms with Crippen LogP contribution in [0.1, 0.15) is 11.1 Å². The Bertz CT molecular complexity index is 963. The van der Waals surface area contributed by atoms with Gasteiger partial charge in [0, 0.05) is 41.2 Å². The van der Waals surface area contributed by atoms with Crippen molar-refractivity contribution in [2.75, 3.05) is 6.61 Å². The Morgan fingerprint density at radius 2 is 2.00 bits per heavy atom. The molecular formula is C18H14F2N2O3. The molecule has 5 nitrogen and oxygen atoms in total. The lowest BCUT2D eigenvalue weighted by Gasteiger charge is -2.16. The van der Waals surface area contributed by atoms with E-state index in [0.29, 0.717) is 16.5 Å². The first-order valence-corrected chi connectivity index (χ1v) is 7.48. The van der Waals surface area contributed by atoms with Crippen molar-refractivity contribution in [3.63, 3.8) is 0 Å². The molecule has 1 heterocycles. The van der Waals surface area contributed by atoms with E-state index in [9.17, 15) is 13.9 Å². The van der Waals surface area contributed by atoms with Crippen molar-refractivity contribution in [1.82, 2.24) is 4.98 Å². The maximum absolute atomic E-state index is 14.5. The molecule has 7 heteroatoms. The van der Waals surface area contributed by atoms with Crippen molar-refractivity contribution in [3.05, 3.63) is 59.3 Å². The van der Waals surface area contributed by atoms with Gasteiger partial charge in [-0.15, -0.1) is 0 Å². The highest BCUT2D eigenvalue weighted by Gasteiger charge is 2.19. The minimum atomic E-state index is -1.09. The molecule has 3 N–H and O–H groups in total. The van der Waals surface area contributed by atoms with Crippen LogP contribution >= 0.6 is 0 Å². The number of halogens is 2. The van der Waals surface area contributed by atoms with Crippen molar-refractivity contribution < 1.29 is 23.7 Å². The minimum absolute atomic E-state index is 0.0375. The smallest absolute Gasteiger partial charge is 0.168 e. The van der Waals surface area contributed by atoms with Gasteiger partial charge in [-0.1, -0.05) is 0 Å². The molecule has 0 saturated heterocycles. The molecule has 25 heavy (non-hydrogen) atoms. The van der Waals surface area contributed by atoms with Crippen LogP contribution in [0.3, 0.4) is 0 Å². The summed E-state index contributed by atoms with van der Waals surface area (Å²) >= 11 is 0. The summed E-state index contributed by atoms with van der Waals surface area (Å²) in [5.41, 5.74) is 0.653. The third-order valence-corrected chi connectivity index (χ3v) is 3.79. The van der Waals surface area contributed by atoms with E-state index in [-0.39, 0.29) is 23.5 Å². The molecule has 2 aromatic carbocycles. The largest absolute Gasteiger partial charge is 0.454 e. The molecule has 3 rings (SSSR count). The summed E-state index contributed by atoms with van der Waals surface area (Å²) < 4.78 is 33.5. The van der Waals surface area contributed by atoms with E-state index >= 15 is 0 Å². The second-order valence-electron chi connectivity index (χ2n) is 5.50. The van der Waals surface area contributed by atoms with Gasteiger partial charge in [0.05, 0.1) is 18.3 Å². The zero-order valence-corrected chi connectivity index (χ0v) is 13.0. The molecule has 0 aliphatic rings. The fourth-order valence-corrected chi connectivity index (χ4v) is 2.61. The maximum atomic E-state index is 14.5.